The van der Waals surface area contributed by atoms with E-state index < -0.39 is 5.97 Å². The molecule has 0 radical (unpaired) electrons. The van der Waals surface area contributed by atoms with Crippen LogP contribution in [-0.2, 0) is 14.3 Å². The zero-order chi connectivity index (χ0) is 21.2. The van der Waals surface area contributed by atoms with Gasteiger partial charge in [0, 0.05) is 52.9 Å². The minimum Gasteiger partial charge on any atom is -0.478 e. The molecule has 0 aliphatic carbocycles. The maximum atomic E-state index is 12.0. The summed E-state index contributed by atoms with van der Waals surface area (Å²) < 4.78 is 4.96. The maximum Gasteiger partial charge on any atom is 0.335 e. The summed E-state index contributed by atoms with van der Waals surface area (Å²) >= 11 is 0. The molecule has 3 N–H and O–H groups in total. The molecule has 1 aliphatic rings. The highest BCUT2D eigenvalue weighted by Crippen LogP contribution is 2.28. The SMILES string of the molecule is CCC(=O)Nc1cc(C(=O)O)ccc1N1CCN(CC(=O)NCCCOC)CC1. The number of methoxy groups -OCH3 is 1. The van der Waals surface area contributed by atoms with Crippen molar-refractivity contribution in [1.29, 1.82) is 0 Å². The van der Waals surface area contributed by atoms with Gasteiger partial charge in [0.05, 0.1) is 23.5 Å². The number of amides is 2. The molecule has 160 valence electrons. The lowest BCUT2D eigenvalue weighted by Gasteiger charge is -2.36. The first-order valence-electron chi connectivity index (χ1n) is 9.84. The molecule has 0 unspecified atom stereocenters. The number of rotatable bonds is 10. The lowest BCUT2D eigenvalue weighted by atomic mass is 10.1. The Kier molecular flexibility index (Phi) is 8.88. The van der Waals surface area contributed by atoms with Crippen LogP contribution in [0.15, 0.2) is 18.2 Å². The van der Waals surface area contributed by atoms with Crippen LogP contribution in [0.4, 0.5) is 11.4 Å². The van der Waals surface area contributed by atoms with E-state index in [1.165, 1.54) is 6.07 Å². The molecule has 29 heavy (non-hydrogen) atoms. The molecule has 1 aromatic carbocycles. The summed E-state index contributed by atoms with van der Waals surface area (Å²) in [7, 11) is 1.63. The third-order valence-electron chi connectivity index (χ3n) is 4.77. The van der Waals surface area contributed by atoms with Gasteiger partial charge < -0.3 is 25.4 Å². The third-order valence-corrected chi connectivity index (χ3v) is 4.77. The number of hydrogen-bond donors (Lipinski definition) is 3. The molecule has 0 aromatic heterocycles. The van der Waals surface area contributed by atoms with Crippen molar-refractivity contribution in [2.75, 3.05) is 63.2 Å². The normalized spacial score (nSPS) is 14.5. The number of aromatic carboxylic acids is 1. The third kappa shape index (κ3) is 7.03. The van der Waals surface area contributed by atoms with Gasteiger partial charge in [-0.05, 0) is 24.6 Å². The molecule has 0 atom stereocenters. The smallest absolute Gasteiger partial charge is 0.335 e. The number of anilines is 2. The molecule has 9 heteroatoms. The summed E-state index contributed by atoms with van der Waals surface area (Å²) in [5.41, 5.74) is 1.42. The number of nitrogens with zero attached hydrogens (tertiary/aromatic N) is 2. The molecular formula is C20H30N4O5. The van der Waals surface area contributed by atoms with Crippen molar-refractivity contribution in [3.63, 3.8) is 0 Å². The quantitative estimate of drug-likeness (QED) is 0.497. The summed E-state index contributed by atoms with van der Waals surface area (Å²) in [6.45, 7) is 6.07. The molecular weight excluding hydrogens is 376 g/mol. The second-order valence-corrected chi connectivity index (χ2v) is 6.90. The Labute approximate surface area is 171 Å². The van der Waals surface area contributed by atoms with E-state index in [0.717, 1.165) is 12.1 Å². The fourth-order valence-corrected chi connectivity index (χ4v) is 3.13. The van der Waals surface area contributed by atoms with E-state index in [9.17, 15) is 19.5 Å². The summed E-state index contributed by atoms with van der Waals surface area (Å²) in [5.74, 6) is -1.21. The van der Waals surface area contributed by atoms with Crippen molar-refractivity contribution in [2.45, 2.75) is 19.8 Å². The molecule has 2 amide bonds. The van der Waals surface area contributed by atoms with E-state index in [-0.39, 0.29) is 17.4 Å². The largest absolute Gasteiger partial charge is 0.478 e. The van der Waals surface area contributed by atoms with Crippen molar-refractivity contribution in [1.82, 2.24) is 10.2 Å². The second-order valence-electron chi connectivity index (χ2n) is 6.90. The zero-order valence-corrected chi connectivity index (χ0v) is 17.1. The van der Waals surface area contributed by atoms with Gasteiger partial charge in [0.15, 0.2) is 0 Å². The van der Waals surface area contributed by atoms with Crippen molar-refractivity contribution >= 4 is 29.2 Å². The number of carbonyl (C=O) groups excluding carboxylic acids is 2. The zero-order valence-electron chi connectivity index (χ0n) is 17.1. The number of carbonyl (C=O) groups is 3. The number of carboxylic acid groups (broad SMARTS) is 1. The highest BCUT2D eigenvalue weighted by atomic mass is 16.5. The summed E-state index contributed by atoms with van der Waals surface area (Å²) in [6, 6.07) is 4.76. The molecule has 1 fully saturated rings. The van der Waals surface area contributed by atoms with Crippen LogP contribution in [-0.4, -0.2) is 80.8 Å². The average molecular weight is 406 g/mol. The van der Waals surface area contributed by atoms with E-state index in [0.29, 0.717) is 58.0 Å². The van der Waals surface area contributed by atoms with Crippen molar-refractivity contribution in [3.8, 4) is 0 Å². The van der Waals surface area contributed by atoms with Crippen LogP contribution in [0.25, 0.3) is 0 Å². The first-order valence-corrected chi connectivity index (χ1v) is 9.84. The standard InChI is InChI=1S/C20H30N4O5/c1-3-18(25)22-16-13-15(20(27)28)5-6-17(16)24-10-8-23(9-11-24)14-19(26)21-7-4-12-29-2/h5-6,13H,3-4,7-12,14H2,1-2H3,(H,21,26)(H,22,25)(H,27,28). The van der Waals surface area contributed by atoms with Crippen LogP contribution in [0.3, 0.4) is 0 Å². The van der Waals surface area contributed by atoms with Crippen LogP contribution in [0.2, 0.25) is 0 Å². The molecule has 2 rings (SSSR count). The van der Waals surface area contributed by atoms with Gasteiger partial charge in [-0.3, -0.25) is 14.5 Å². The number of piperazine rings is 1. The molecule has 1 aromatic rings. The van der Waals surface area contributed by atoms with Gasteiger partial charge in [-0.1, -0.05) is 6.92 Å². The highest BCUT2D eigenvalue weighted by Gasteiger charge is 2.22. The number of ether oxygens (including phenoxy) is 1. The topological polar surface area (TPSA) is 111 Å². The predicted octanol–water partition coefficient (Wildman–Crippen LogP) is 1.01. The van der Waals surface area contributed by atoms with E-state index in [1.54, 1.807) is 26.2 Å². The predicted molar refractivity (Wildman–Crippen MR) is 110 cm³/mol. The van der Waals surface area contributed by atoms with Crippen LogP contribution in [0.5, 0.6) is 0 Å². The van der Waals surface area contributed by atoms with Gasteiger partial charge in [-0.25, -0.2) is 4.79 Å². The van der Waals surface area contributed by atoms with Gasteiger partial charge in [0.1, 0.15) is 0 Å². The van der Waals surface area contributed by atoms with Crippen LogP contribution < -0.4 is 15.5 Å². The van der Waals surface area contributed by atoms with Crippen LogP contribution >= 0.6 is 0 Å². The summed E-state index contributed by atoms with van der Waals surface area (Å²) in [4.78, 5) is 39.3. The monoisotopic (exact) mass is 406 g/mol. The molecule has 0 bridgehead atoms. The maximum absolute atomic E-state index is 12.0. The second kappa shape index (κ2) is 11.4. The Morgan fingerprint density at radius 3 is 2.48 bits per heavy atom. The van der Waals surface area contributed by atoms with Crippen LogP contribution in [0.1, 0.15) is 30.1 Å². The van der Waals surface area contributed by atoms with E-state index >= 15 is 0 Å². The fourth-order valence-electron chi connectivity index (χ4n) is 3.13. The molecule has 9 nitrogen and oxygen atoms in total. The lowest BCUT2D eigenvalue weighted by molar-refractivity contribution is -0.122. The molecule has 1 aliphatic heterocycles. The van der Waals surface area contributed by atoms with Gasteiger partial charge in [0.25, 0.3) is 0 Å². The van der Waals surface area contributed by atoms with Crippen molar-refractivity contribution in [3.05, 3.63) is 23.8 Å². The van der Waals surface area contributed by atoms with Crippen molar-refractivity contribution < 1.29 is 24.2 Å². The molecule has 0 saturated carbocycles. The summed E-state index contributed by atoms with van der Waals surface area (Å²) in [5, 5.41) is 14.9. The number of carboxylic acids is 1. The minimum absolute atomic E-state index is 0.00346. The first kappa shape index (κ1) is 22.6. The minimum atomic E-state index is -1.04. The Balaban J connectivity index is 1.95. The number of benzene rings is 1. The van der Waals surface area contributed by atoms with E-state index in [1.807, 2.05) is 0 Å². The van der Waals surface area contributed by atoms with Gasteiger partial charge in [-0.15, -0.1) is 0 Å². The van der Waals surface area contributed by atoms with Gasteiger partial charge in [-0.2, -0.15) is 0 Å². The van der Waals surface area contributed by atoms with E-state index in [2.05, 4.69) is 20.4 Å². The lowest BCUT2D eigenvalue weighted by Crippen LogP contribution is -2.49. The van der Waals surface area contributed by atoms with Gasteiger partial charge >= 0.3 is 5.97 Å². The molecule has 1 heterocycles. The summed E-state index contributed by atoms with van der Waals surface area (Å²) in [6.07, 6.45) is 1.10. The molecule has 0 spiro atoms. The Morgan fingerprint density at radius 1 is 1.14 bits per heavy atom. The average Bonchev–Trinajstić information content (AvgIpc) is 2.71. The Hall–Kier alpha value is -2.65. The number of nitrogens with one attached hydrogen (secondary N) is 2. The van der Waals surface area contributed by atoms with Crippen LogP contribution in [0, 0.1) is 0 Å². The van der Waals surface area contributed by atoms with Crippen molar-refractivity contribution in [2.24, 2.45) is 0 Å². The van der Waals surface area contributed by atoms with E-state index in [4.69, 9.17) is 4.74 Å². The highest BCUT2D eigenvalue weighted by molar-refractivity contribution is 5.97. The first-order chi connectivity index (χ1) is 13.9. The Morgan fingerprint density at radius 2 is 1.86 bits per heavy atom. The van der Waals surface area contributed by atoms with Gasteiger partial charge in [0.2, 0.25) is 11.8 Å². The Bertz CT molecular complexity index is 717. The molecule has 1 saturated heterocycles. The fraction of sp³-hybridized carbons (Fsp3) is 0.550. The number of hydrogen-bond acceptors (Lipinski definition) is 6.